The predicted octanol–water partition coefficient (Wildman–Crippen LogP) is 5.23. The summed E-state index contributed by atoms with van der Waals surface area (Å²) < 4.78 is 5.49. The number of carbonyl (C=O) groups excluding carboxylic acids is 1. The van der Waals surface area contributed by atoms with E-state index in [0.29, 0.717) is 0 Å². The molecule has 1 amide bonds. The summed E-state index contributed by atoms with van der Waals surface area (Å²) in [7, 11) is 0. The van der Waals surface area contributed by atoms with Crippen molar-refractivity contribution in [2.45, 2.75) is 73.0 Å². The van der Waals surface area contributed by atoms with Gasteiger partial charge in [0, 0.05) is 19.6 Å². The van der Waals surface area contributed by atoms with Gasteiger partial charge < -0.3 is 15.0 Å². The van der Waals surface area contributed by atoms with Crippen LogP contribution in [0.2, 0.25) is 0 Å². The molecule has 0 spiro atoms. The van der Waals surface area contributed by atoms with E-state index >= 15 is 0 Å². The van der Waals surface area contributed by atoms with Crippen molar-refractivity contribution < 1.29 is 9.53 Å². The highest BCUT2D eigenvalue weighted by molar-refractivity contribution is 5.68. The second kappa shape index (κ2) is 13.7. The minimum Gasteiger partial charge on any atom is -0.444 e. The summed E-state index contributed by atoms with van der Waals surface area (Å²) in [5, 5.41) is 3.42. The molecule has 1 N–H and O–H groups in total. The third kappa shape index (κ3) is 12.5. The zero-order valence-electron chi connectivity index (χ0n) is 17.1. The Labute approximate surface area is 154 Å². The Bertz CT molecular complexity index is 441. The van der Waals surface area contributed by atoms with Crippen molar-refractivity contribution in [3.05, 3.63) is 35.9 Å². The van der Waals surface area contributed by atoms with Crippen molar-refractivity contribution >= 4 is 6.09 Å². The number of benzene rings is 1. The smallest absolute Gasteiger partial charge is 0.410 e. The number of amides is 1. The maximum atomic E-state index is 12.2. The quantitative estimate of drug-likeness (QED) is 0.620. The Balaban J connectivity index is 0.00000277. The summed E-state index contributed by atoms with van der Waals surface area (Å²) in [6.45, 7) is 15.1. The molecule has 0 aliphatic carbocycles. The van der Waals surface area contributed by atoms with Gasteiger partial charge in [-0.05, 0) is 45.7 Å². The van der Waals surface area contributed by atoms with E-state index in [1.54, 1.807) is 0 Å². The fraction of sp³-hybridized carbons (Fsp3) is 0.667. The molecule has 0 saturated heterocycles. The zero-order chi connectivity index (χ0) is 19.1. The first-order chi connectivity index (χ1) is 11.9. The second-order valence-corrected chi connectivity index (χ2v) is 6.84. The van der Waals surface area contributed by atoms with E-state index < -0.39 is 5.60 Å². The van der Waals surface area contributed by atoms with E-state index in [2.05, 4.69) is 24.4 Å². The predicted molar refractivity (Wildman–Crippen MR) is 107 cm³/mol. The van der Waals surface area contributed by atoms with E-state index in [1.165, 1.54) is 5.56 Å². The van der Waals surface area contributed by atoms with Crippen LogP contribution in [-0.4, -0.2) is 36.2 Å². The van der Waals surface area contributed by atoms with Crippen molar-refractivity contribution in [1.82, 2.24) is 10.2 Å². The number of unbranched alkanes of at least 4 members (excludes halogenated alkanes) is 1. The van der Waals surface area contributed by atoms with E-state index in [4.69, 9.17) is 4.74 Å². The molecule has 4 heteroatoms. The van der Waals surface area contributed by atoms with E-state index in [9.17, 15) is 4.79 Å². The average molecular weight is 351 g/mol. The molecule has 144 valence electrons. The molecule has 4 nitrogen and oxygen atoms in total. The van der Waals surface area contributed by atoms with Gasteiger partial charge in [0.1, 0.15) is 5.60 Å². The molecule has 1 rings (SSSR count). The molecular formula is C21H38N2O2. The standard InChI is InChI=1S/C19H32N2O2.C2H6/c1-5-6-14-21(18(22)23-19(2,3)4)15-10-13-20-16-17-11-8-7-9-12-17;1-2/h7-9,11-12,20H,5-6,10,13-16H2,1-4H3;1-2H3. The van der Waals surface area contributed by atoms with Gasteiger partial charge in [0.2, 0.25) is 0 Å². The largest absolute Gasteiger partial charge is 0.444 e. The van der Waals surface area contributed by atoms with Crippen molar-refractivity contribution in [3.8, 4) is 0 Å². The fourth-order valence-electron chi connectivity index (χ4n) is 2.19. The van der Waals surface area contributed by atoms with Gasteiger partial charge in [0.15, 0.2) is 0 Å². The molecular weight excluding hydrogens is 312 g/mol. The van der Waals surface area contributed by atoms with E-state index in [-0.39, 0.29) is 6.09 Å². The van der Waals surface area contributed by atoms with Crippen LogP contribution in [-0.2, 0) is 11.3 Å². The number of hydrogen-bond acceptors (Lipinski definition) is 3. The van der Waals surface area contributed by atoms with E-state index in [0.717, 1.165) is 45.4 Å². The van der Waals surface area contributed by atoms with Crippen molar-refractivity contribution in [2.24, 2.45) is 0 Å². The van der Waals surface area contributed by atoms with Gasteiger partial charge in [-0.1, -0.05) is 57.5 Å². The summed E-state index contributed by atoms with van der Waals surface area (Å²) in [5.41, 5.74) is 0.843. The maximum absolute atomic E-state index is 12.2. The fourth-order valence-corrected chi connectivity index (χ4v) is 2.19. The Morgan fingerprint density at radius 3 is 2.24 bits per heavy atom. The summed E-state index contributed by atoms with van der Waals surface area (Å²) >= 11 is 0. The van der Waals surface area contributed by atoms with E-state index in [1.807, 2.05) is 57.7 Å². The van der Waals surface area contributed by atoms with Crippen LogP contribution in [0.4, 0.5) is 4.79 Å². The number of carbonyl (C=O) groups is 1. The van der Waals surface area contributed by atoms with Crippen LogP contribution in [0.25, 0.3) is 0 Å². The van der Waals surface area contributed by atoms with Crippen LogP contribution in [0, 0.1) is 0 Å². The lowest BCUT2D eigenvalue weighted by atomic mass is 10.2. The van der Waals surface area contributed by atoms with Gasteiger partial charge in [-0.15, -0.1) is 0 Å². The Kier molecular flexibility index (Phi) is 12.9. The Hall–Kier alpha value is -1.55. The molecule has 25 heavy (non-hydrogen) atoms. The monoisotopic (exact) mass is 350 g/mol. The van der Waals surface area contributed by atoms with Crippen LogP contribution in [0.15, 0.2) is 30.3 Å². The van der Waals surface area contributed by atoms with Gasteiger partial charge in [-0.2, -0.15) is 0 Å². The number of hydrogen-bond donors (Lipinski definition) is 1. The Morgan fingerprint density at radius 2 is 1.68 bits per heavy atom. The van der Waals surface area contributed by atoms with Gasteiger partial charge in [0.05, 0.1) is 0 Å². The second-order valence-electron chi connectivity index (χ2n) is 6.84. The van der Waals surface area contributed by atoms with Gasteiger partial charge in [0.25, 0.3) is 0 Å². The highest BCUT2D eigenvalue weighted by Gasteiger charge is 2.21. The first-order valence-electron chi connectivity index (χ1n) is 9.65. The normalized spacial score (nSPS) is 10.6. The molecule has 0 heterocycles. The summed E-state index contributed by atoms with van der Waals surface area (Å²) in [4.78, 5) is 14.1. The molecule has 0 aliphatic heterocycles. The summed E-state index contributed by atoms with van der Waals surface area (Å²) in [5.74, 6) is 0. The first-order valence-corrected chi connectivity index (χ1v) is 9.65. The van der Waals surface area contributed by atoms with Crippen LogP contribution in [0.3, 0.4) is 0 Å². The highest BCUT2D eigenvalue weighted by Crippen LogP contribution is 2.11. The third-order valence-corrected chi connectivity index (χ3v) is 3.39. The molecule has 0 aliphatic rings. The molecule has 1 aromatic carbocycles. The number of nitrogens with zero attached hydrogens (tertiary/aromatic N) is 1. The van der Waals surface area contributed by atoms with Crippen molar-refractivity contribution in [2.75, 3.05) is 19.6 Å². The average Bonchev–Trinajstić information content (AvgIpc) is 2.58. The third-order valence-electron chi connectivity index (χ3n) is 3.39. The summed E-state index contributed by atoms with van der Waals surface area (Å²) in [6.07, 6.45) is 2.81. The van der Waals surface area contributed by atoms with Crippen molar-refractivity contribution in [1.29, 1.82) is 0 Å². The van der Waals surface area contributed by atoms with Gasteiger partial charge in [-0.25, -0.2) is 4.79 Å². The van der Waals surface area contributed by atoms with Crippen LogP contribution < -0.4 is 5.32 Å². The van der Waals surface area contributed by atoms with Gasteiger partial charge in [-0.3, -0.25) is 0 Å². The number of rotatable bonds is 9. The highest BCUT2D eigenvalue weighted by atomic mass is 16.6. The molecule has 0 aromatic heterocycles. The van der Waals surface area contributed by atoms with Crippen molar-refractivity contribution in [3.63, 3.8) is 0 Å². The topological polar surface area (TPSA) is 41.6 Å². The Morgan fingerprint density at radius 1 is 1.08 bits per heavy atom. The minimum atomic E-state index is -0.437. The number of nitrogens with one attached hydrogen (secondary N) is 1. The van der Waals surface area contributed by atoms with Gasteiger partial charge >= 0.3 is 6.09 Å². The molecule has 0 atom stereocenters. The SMILES string of the molecule is CC.CCCCN(CCCNCc1ccccc1)C(=O)OC(C)(C)C. The lowest BCUT2D eigenvalue weighted by molar-refractivity contribution is 0.0245. The first kappa shape index (κ1) is 23.4. The molecule has 0 bridgehead atoms. The van der Waals surface area contributed by atoms with Crippen LogP contribution in [0.5, 0.6) is 0 Å². The van der Waals surface area contributed by atoms with Crippen LogP contribution >= 0.6 is 0 Å². The zero-order valence-corrected chi connectivity index (χ0v) is 17.1. The summed E-state index contributed by atoms with van der Waals surface area (Å²) in [6, 6.07) is 10.3. The van der Waals surface area contributed by atoms with Crippen LogP contribution in [0.1, 0.15) is 66.4 Å². The molecule has 0 saturated carbocycles. The number of ether oxygens (including phenoxy) is 1. The molecule has 1 aromatic rings. The lowest BCUT2D eigenvalue weighted by Gasteiger charge is -2.27. The molecule has 0 unspecified atom stereocenters. The molecule has 0 fully saturated rings. The maximum Gasteiger partial charge on any atom is 0.410 e. The lowest BCUT2D eigenvalue weighted by Crippen LogP contribution is -2.38. The molecule has 0 radical (unpaired) electrons. The minimum absolute atomic E-state index is 0.200.